The molecule has 0 fully saturated rings. The second-order valence-electron chi connectivity index (χ2n) is 4.56. The zero-order chi connectivity index (χ0) is 15.1. The summed E-state index contributed by atoms with van der Waals surface area (Å²) in [4.78, 5) is 35.6. The second-order valence-corrected chi connectivity index (χ2v) is 4.56. The first kappa shape index (κ1) is 13.1. The molecule has 2 aromatic rings. The zero-order valence-corrected chi connectivity index (χ0v) is 10.8. The summed E-state index contributed by atoms with van der Waals surface area (Å²) in [5, 5.41) is 11.5. The Labute approximate surface area is 118 Å². The Balaban J connectivity index is 2.36. The lowest BCUT2D eigenvalue weighted by Crippen LogP contribution is -2.24. The molecule has 1 aromatic carbocycles. The molecule has 106 valence electrons. The zero-order valence-electron chi connectivity index (χ0n) is 10.8. The maximum Gasteiger partial charge on any atom is 0.262 e. The van der Waals surface area contributed by atoms with E-state index >= 15 is 0 Å². The summed E-state index contributed by atoms with van der Waals surface area (Å²) in [5.74, 6) is -1.40. The number of amides is 2. The first-order chi connectivity index (χ1) is 10.0. The number of aromatic nitrogens is 1. The third kappa shape index (κ3) is 1.83. The molecule has 2 amide bonds. The maximum atomic E-state index is 12.2. The van der Waals surface area contributed by atoms with Crippen LogP contribution in [0.15, 0.2) is 35.1 Å². The maximum absolute atomic E-state index is 12.2. The van der Waals surface area contributed by atoms with E-state index in [0.29, 0.717) is 11.3 Å². The number of anilines is 1. The van der Waals surface area contributed by atoms with Crippen molar-refractivity contribution in [2.75, 3.05) is 5.73 Å². The van der Waals surface area contributed by atoms with Crippen LogP contribution in [-0.2, 0) is 6.61 Å². The predicted molar refractivity (Wildman–Crippen MR) is 74.2 cm³/mol. The van der Waals surface area contributed by atoms with Crippen LogP contribution in [-0.4, -0.2) is 21.5 Å². The lowest BCUT2D eigenvalue weighted by molar-refractivity contribution is 0.0880. The molecule has 0 bridgehead atoms. The molecular weight excluding hydrogens is 274 g/mol. The lowest BCUT2D eigenvalue weighted by atomic mass is 10.1. The van der Waals surface area contributed by atoms with Gasteiger partial charge in [0.05, 0.1) is 23.4 Å². The van der Waals surface area contributed by atoms with E-state index in [0.717, 1.165) is 10.6 Å². The van der Waals surface area contributed by atoms with Crippen LogP contribution in [0.5, 0.6) is 0 Å². The van der Waals surface area contributed by atoms with E-state index in [4.69, 9.17) is 5.73 Å². The number of pyridine rings is 1. The van der Waals surface area contributed by atoms with Crippen LogP contribution in [0.2, 0.25) is 0 Å². The summed E-state index contributed by atoms with van der Waals surface area (Å²) in [6, 6.07) is 7.70. The summed E-state index contributed by atoms with van der Waals surface area (Å²) >= 11 is 0. The smallest absolute Gasteiger partial charge is 0.262 e. The average molecular weight is 285 g/mol. The van der Waals surface area contributed by atoms with Crippen molar-refractivity contribution < 1.29 is 14.7 Å². The summed E-state index contributed by atoms with van der Waals surface area (Å²) in [6.45, 7) is -0.287. The van der Waals surface area contributed by atoms with Crippen molar-refractivity contribution in [2.45, 2.75) is 6.61 Å². The molecule has 7 nitrogen and oxygen atoms in total. The highest BCUT2D eigenvalue weighted by atomic mass is 16.3. The minimum atomic E-state index is -0.638. The molecule has 21 heavy (non-hydrogen) atoms. The minimum absolute atomic E-state index is 0.0210. The number of imide groups is 1. The van der Waals surface area contributed by atoms with Crippen LogP contribution >= 0.6 is 0 Å². The number of nitrogens with one attached hydrogen (secondary N) is 1. The molecule has 0 unspecified atom stereocenters. The Hall–Kier alpha value is -2.93. The molecule has 0 saturated heterocycles. The first-order valence-corrected chi connectivity index (χ1v) is 6.15. The number of hydrogen-bond donors (Lipinski definition) is 3. The quantitative estimate of drug-likeness (QED) is 0.661. The van der Waals surface area contributed by atoms with Crippen LogP contribution in [0, 0.1) is 0 Å². The molecule has 1 aliphatic rings. The largest absolute Gasteiger partial charge is 0.392 e. The molecule has 3 rings (SSSR count). The molecule has 0 atom stereocenters. The number of para-hydroxylation sites is 1. The molecule has 1 aromatic heterocycles. The van der Waals surface area contributed by atoms with Gasteiger partial charge in [0.2, 0.25) is 0 Å². The van der Waals surface area contributed by atoms with Gasteiger partial charge in [-0.3, -0.25) is 24.3 Å². The Bertz CT molecular complexity index is 839. The predicted octanol–water partition coefficient (Wildman–Crippen LogP) is -0.204. The molecule has 0 saturated carbocycles. The fourth-order valence-corrected chi connectivity index (χ4v) is 2.39. The number of benzene rings is 1. The number of aliphatic hydroxyl groups excluding tert-OH is 1. The van der Waals surface area contributed by atoms with Gasteiger partial charge in [0.1, 0.15) is 5.82 Å². The summed E-state index contributed by atoms with van der Waals surface area (Å²) < 4.78 is 1.11. The van der Waals surface area contributed by atoms with E-state index in [1.165, 1.54) is 0 Å². The summed E-state index contributed by atoms with van der Waals surface area (Å²) in [6.07, 6.45) is 0. The van der Waals surface area contributed by atoms with E-state index in [1.807, 2.05) is 0 Å². The topological polar surface area (TPSA) is 114 Å². The third-order valence-electron chi connectivity index (χ3n) is 3.36. The molecular formula is C14H11N3O4. The Morgan fingerprint density at radius 3 is 2.57 bits per heavy atom. The highest BCUT2D eigenvalue weighted by Crippen LogP contribution is 2.24. The molecule has 4 N–H and O–H groups in total. The van der Waals surface area contributed by atoms with Crippen molar-refractivity contribution in [2.24, 2.45) is 0 Å². The highest BCUT2D eigenvalue weighted by molar-refractivity contribution is 6.23. The monoisotopic (exact) mass is 285 g/mol. The number of carbonyl (C=O) groups is 2. The van der Waals surface area contributed by atoms with Crippen molar-refractivity contribution in [1.29, 1.82) is 0 Å². The number of hydrogen-bond acceptors (Lipinski definition) is 5. The number of nitrogens with two attached hydrogens (primary N) is 1. The highest BCUT2D eigenvalue weighted by Gasteiger charge is 2.32. The van der Waals surface area contributed by atoms with E-state index in [-0.39, 0.29) is 23.6 Å². The van der Waals surface area contributed by atoms with Gasteiger partial charge in [0, 0.05) is 11.6 Å². The third-order valence-corrected chi connectivity index (χ3v) is 3.36. The number of rotatable bonds is 2. The summed E-state index contributed by atoms with van der Waals surface area (Å²) in [7, 11) is 0. The van der Waals surface area contributed by atoms with Gasteiger partial charge < -0.3 is 10.8 Å². The Morgan fingerprint density at radius 1 is 1.14 bits per heavy atom. The first-order valence-electron chi connectivity index (χ1n) is 6.15. The van der Waals surface area contributed by atoms with Gasteiger partial charge in [0.25, 0.3) is 17.4 Å². The van der Waals surface area contributed by atoms with Gasteiger partial charge in [0.15, 0.2) is 0 Å². The number of nitrogen functional groups attached to an aromatic ring is 1. The number of aliphatic hydroxyl groups is 1. The lowest BCUT2D eigenvalue weighted by Gasteiger charge is -2.14. The van der Waals surface area contributed by atoms with Gasteiger partial charge in [-0.25, -0.2) is 0 Å². The van der Waals surface area contributed by atoms with Gasteiger partial charge >= 0.3 is 0 Å². The summed E-state index contributed by atoms with van der Waals surface area (Å²) in [5.41, 5.74) is 6.17. The van der Waals surface area contributed by atoms with E-state index in [9.17, 15) is 19.5 Å². The molecule has 2 heterocycles. The number of nitrogens with zero attached hydrogens (tertiary/aromatic N) is 1. The molecule has 0 radical (unpaired) electrons. The Kier molecular flexibility index (Phi) is 2.84. The van der Waals surface area contributed by atoms with E-state index in [2.05, 4.69) is 5.32 Å². The van der Waals surface area contributed by atoms with Crippen LogP contribution in [0.3, 0.4) is 0 Å². The number of fused-ring (bicyclic) bond motifs is 1. The van der Waals surface area contributed by atoms with Crippen molar-refractivity contribution in [3.63, 3.8) is 0 Å². The van der Waals surface area contributed by atoms with Gasteiger partial charge in [-0.2, -0.15) is 0 Å². The van der Waals surface area contributed by atoms with E-state index in [1.54, 1.807) is 24.3 Å². The average Bonchev–Trinajstić information content (AvgIpc) is 2.74. The normalized spacial score (nSPS) is 13.2. The van der Waals surface area contributed by atoms with Gasteiger partial charge in [-0.1, -0.05) is 18.2 Å². The fourth-order valence-electron chi connectivity index (χ4n) is 2.39. The van der Waals surface area contributed by atoms with Crippen LogP contribution < -0.4 is 16.6 Å². The molecule has 0 spiro atoms. The van der Waals surface area contributed by atoms with Crippen LogP contribution in [0.4, 0.5) is 5.82 Å². The van der Waals surface area contributed by atoms with Crippen molar-refractivity contribution >= 4 is 17.6 Å². The molecule has 0 aliphatic carbocycles. The van der Waals surface area contributed by atoms with Gasteiger partial charge in [-0.05, 0) is 6.07 Å². The van der Waals surface area contributed by atoms with Crippen LogP contribution in [0.25, 0.3) is 5.69 Å². The fraction of sp³-hybridized carbons (Fsp3) is 0.0714. The minimum Gasteiger partial charge on any atom is -0.392 e. The SMILES string of the molecule is Nc1c2c(cc(=O)n1-c1ccccc1CO)C(=O)NC2=O. The number of carbonyl (C=O) groups excluding carboxylic acids is 2. The van der Waals surface area contributed by atoms with Crippen molar-refractivity contribution in [3.8, 4) is 5.69 Å². The second kappa shape index (κ2) is 4.57. The molecule has 1 aliphatic heterocycles. The Morgan fingerprint density at radius 2 is 1.86 bits per heavy atom. The standard InChI is InChI=1S/C14H11N3O4/c15-12-11-8(13(20)16-14(11)21)5-10(19)17(12)9-4-2-1-3-7(9)6-18/h1-5,18H,6,15H2,(H,16,20,21). The van der Waals surface area contributed by atoms with Crippen molar-refractivity contribution in [1.82, 2.24) is 9.88 Å². The molecule has 7 heteroatoms. The van der Waals surface area contributed by atoms with E-state index < -0.39 is 17.4 Å². The van der Waals surface area contributed by atoms with Gasteiger partial charge in [-0.15, -0.1) is 0 Å². The van der Waals surface area contributed by atoms with Crippen molar-refractivity contribution in [3.05, 3.63) is 57.4 Å². The van der Waals surface area contributed by atoms with Crippen LogP contribution in [0.1, 0.15) is 26.3 Å².